The van der Waals surface area contributed by atoms with Gasteiger partial charge in [-0.05, 0) is 43.0 Å². The number of hydrogen-bond donors (Lipinski definition) is 2. The number of hydrogen-bond acceptors (Lipinski definition) is 8. The molecule has 11 heteroatoms. The number of urea groups is 1. The van der Waals surface area contributed by atoms with Gasteiger partial charge in [-0.3, -0.25) is 15.0 Å². The lowest BCUT2D eigenvalue weighted by Crippen LogP contribution is -2.49. The number of carbonyl (C=O) groups is 3. The van der Waals surface area contributed by atoms with E-state index in [4.69, 9.17) is 9.15 Å². The van der Waals surface area contributed by atoms with E-state index in [1.54, 1.807) is 31.2 Å². The zero-order chi connectivity index (χ0) is 25.0. The average Bonchev–Trinajstić information content (AvgIpc) is 3.42. The highest BCUT2D eigenvalue weighted by Crippen LogP contribution is 2.31. The largest absolute Gasteiger partial charge is 0.484 e. The van der Waals surface area contributed by atoms with Gasteiger partial charge in [0.2, 0.25) is 5.91 Å². The highest BCUT2D eigenvalue weighted by atomic mass is 32.2. The van der Waals surface area contributed by atoms with Gasteiger partial charge in [0, 0.05) is 0 Å². The molecule has 0 bridgehead atoms. The summed E-state index contributed by atoms with van der Waals surface area (Å²) in [4.78, 5) is 38.0. The van der Waals surface area contributed by atoms with Gasteiger partial charge in [-0.1, -0.05) is 61.2 Å². The van der Waals surface area contributed by atoms with Crippen LogP contribution in [0.25, 0.3) is 0 Å². The molecule has 1 aromatic heterocycles. The van der Waals surface area contributed by atoms with Crippen LogP contribution < -0.4 is 15.5 Å². The Labute approximate surface area is 206 Å². The van der Waals surface area contributed by atoms with E-state index >= 15 is 0 Å². The van der Waals surface area contributed by atoms with E-state index in [0.717, 1.165) is 33.6 Å². The fourth-order valence-electron chi connectivity index (χ4n) is 3.68. The first-order valence-electron chi connectivity index (χ1n) is 11.0. The first-order chi connectivity index (χ1) is 16.8. The number of imide groups is 1. The van der Waals surface area contributed by atoms with Crippen LogP contribution >= 0.6 is 11.8 Å². The number of rotatable bonds is 9. The van der Waals surface area contributed by atoms with E-state index in [-0.39, 0.29) is 23.5 Å². The molecule has 182 valence electrons. The molecular formula is C24H25N5O5S. The maximum Gasteiger partial charge on any atom is 0.344 e. The summed E-state index contributed by atoms with van der Waals surface area (Å²) in [5.41, 5.74) is 3.85. The predicted molar refractivity (Wildman–Crippen MR) is 127 cm³/mol. The Morgan fingerprint density at radius 2 is 1.94 bits per heavy atom. The third-order valence-electron chi connectivity index (χ3n) is 5.59. The van der Waals surface area contributed by atoms with Crippen molar-refractivity contribution < 1.29 is 23.5 Å². The summed E-state index contributed by atoms with van der Waals surface area (Å²) in [5, 5.41) is 11.4. The van der Waals surface area contributed by atoms with Crippen molar-refractivity contribution in [1.82, 2.24) is 25.9 Å². The number of nitrogens with one attached hydrogen (secondary N) is 2. The number of amides is 4. The van der Waals surface area contributed by atoms with Gasteiger partial charge in [0.1, 0.15) is 11.3 Å². The second kappa shape index (κ2) is 10.2. The van der Waals surface area contributed by atoms with Crippen molar-refractivity contribution in [2.75, 3.05) is 5.75 Å². The maximum atomic E-state index is 13.1. The number of benzene rings is 2. The lowest BCUT2D eigenvalue weighted by molar-refractivity contribution is -0.138. The number of hydrazine groups is 1. The fraction of sp³-hybridized carbons (Fsp3) is 0.292. The summed E-state index contributed by atoms with van der Waals surface area (Å²) >= 11 is 0.987. The third kappa shape index (κ3) is 5.14. The number of aryl methyl sites for hydroxylation is 2. The van der Waals surface area contributed by atoms with Crippen molar-refractivity contribution in [2.45, 2.75) is 44.6 Å². The van der Waals surface area contributed by atoms with Crippen LogP contribution in [0.4, 0.5) is 4.79 Å². The summed E-state index contributed by atoms with van der Waals surface area (Å²) in [6, 6.07) is 14.1. The van der Waals surface area contributed by atoms with Crippen LogP contribution in [0.1, 0.15) is 35.9 Å². The Balaban J connectivity index is 1.32. The van der Waals surface area contributed by atoms with Gasteiger partial charge in [0.15, 0.2) is 6.61 Å². The standard InChI is InChI=1S/C24H25N5O5S/c1-4-24(17-8-6-5-7-9-17)21(31)29(22(32)25-24)28-19(30)14-35-23-27-26-20(34-23)13-33-18-12-15(2)10-11-16(18)3/h5-12H,4,13-14H2,1-3H3,(H,25,32)(H,28,30). The number of thioether (sulfide) groups is 1. The van der Waals surface area contributed by atoms with Crippen molar-refractivity contribution in [3.05, 3.63) is 71.1 Å². The zero-order valence-corrected chi connectivity index (χ0v) is 20.3. The summed E-state index contributed by atoms with van der Waals surface area (Å²) in [5.74, 6) is -0.258. The smallest absolute Gasteiger partial charge is 0.344 e. The van der Waals surface area contributed by atoms with Crippen molar-refractivity contribution in [1.29, 1.82) is 0 Å². The highest BCUT2D eigenvalue weighted by Gasteiger charge is 2.52. The van der Waals surface area contributed by atoms with Gasteiger partial charge < -0.3 is 14.5 Å². The first kappa shape index (κ1) is 24.3. The van der Waals surface area contributed by atoms with Gasteiger partial charge in [-0.15, -0.1) is 10.2 Å². The Bertz CT molecular complexity index is 1250. The van der Waals surface area contributed by atoms with Crippen molar-refractivity contribution >= 4 is 29.6 Å². The predicted octanol–water partition coefficient (Wildman–Crippen LogP) is 3.25. The molecule has 0 aliphatic carbocycles. The van der Waals surface area contributed by atoms with Crippen LogP contribution in [0.5, 0.6) is 5.75 Å². The SMILES string of the molecule is CCC1(c2ccccc2)NC(=O)N(NC(=O)CSc2nnc(COc3cc(C)ccc3C)o2)C1=O. The molecule has 35 heavy (non-hydrogen) atoms. The molecule has 1 aliphatic rings. The Morgan fingerprint density at radius 1 is 1.17 bits per heavy atom. The monoisotopic (exact) mass is 495 g/mol. The van der Waals surface area contributed by atoms with Crippen LogP contribution in [0.3, 0.4) is 0 Å². The molecule has 2 aromatic carbocycles. The summed E-state index contributed by atoms with van der Waals surface area (Å²) in [6.07, 6.45) is 0.331. The van der Waals surface area contributed by atoms with Crippen molar-refractivity contribution in [3.8, 4) is 5.75 Å². The fourth-order valence-corrected chi connectivity index (χ4v) is 4.25. The van der Waals surface area contributed by atoms with E-state index in [2.05, 4.69) is 20.9 Å². The molecular weight excluding hydrogens is 470 g/mol. The molecule has 0 radical (unpaired) electrons. The Morgan fingerprint density at radius 3 is 2.69 bits per heavy atom. The first-order valence-corrected chi connectivity index (χ1v) is 12.0. The van der Waals surface area contributed by atoms with Crippen molar-refractivity contribution in [3.63, 3.8) is 0 Å². The van der Waals surface area contributed by atoms with Gasteiger partial charge in [-0.25, -0.2) is 4.79 Å². The minimum absolute atomic E-state index is 0.0884. The van der Waals surface area contributed by atoms with Gasteiger partial charge in [0.25, 0.3) is 17.0 Å². The lowest BCUT2D eigenvalue weighted by Gasteiger charge is -2.25. The van der Waals surface area contributed by atoms with Crippen molar-refractivity contribution in [2.24, 2.45) is 0 Å². The number of aromatic nitrogens is 2. The van der Waals surface area contributed by atoms with E-state index in [1.807, 2.05) is 38.1 Å². The minimum Gasteiger partial charge on any atom is -0.484 e. The summed E-state index contributed by atoms with van der Waals surface area (Å²) < 4.78 is 11.3. The minimum atomic E-state index is -1.23. The molecule has 0 spiro atoms. The molecule has 10 nitrogen and oxygen atoms in total. The normalized spacial score (nSPS) is 17.4. The van der Waals surface area contributed by atoms with Gasteiger partial charge >= 0.3 is 6.03 Å². The second-order valence-electron chi connectivity index (χ2n) is 8.04. The summed E-state index contributed by atoms with van der Waals surface area (Å²) in [6.45, 7) is 5.80. The Hall–Kier alpha value is -3.86. The highest BCUT2D eigenvalue weighted by molar-refractivity contribution is 7.99. The van der Waals surface area contributed by atoms with E-state index < -0.39 is 23.4 Å². The molecule has 4 rings (SSSR count). The zero-order valence-electron chi connectivity index (χ0n) is 19.5. The summed E-state index contributed by atoms with van der Waals surface area (Å²) in [7, 11) is 0. The number of carbonyl (C=O) groups excluding carboxylic acids is 3. The molecule has 3 aromatic rings. The molecule has 2 N–H and O–H groups in total. The van der Waals surface area contributed by atoms with Gasteiger partial charge in [0.05, 0.1) is 5.75 Å². The van der Waals surface area contributed by atoms with Gasteiger partial charge in [-0.2, -0.15) is 5.01 Å². The van der Waals surface area contributed by atoms with E-state index in [9.17, 15) is 14.4 Å². The number of nitrogens with zero attached hydrogens (tertiary/aromatic N) is 3. The quantitative estimate of drug-likeness (QED) is 0.342. The van der Waals surface area contributed by atoms with Crippen LogP contribution in [0.2, 0.25) is 0 Å². The number of ether oxygens (including phenoxy) is 1. The van der Waals surface area contributed by atoms with E-state index in [0.29, 0.717) is 12.0 Å². The van der Waals surface area contributed by atoms with Crippen LogP contribution in [-0.4, -0.2) is 38.8 Å². The molecule has 1 aliphatic heterocycles. The maximum absolute atomic E-state index is 13.1. The molecule has 1 fully saturated rings. The second-order valence-corrected chi connectivity index (χ2v) is 8.97. The average molecular weight is 496 g/mol. The molecule has 2 heterocycles. The molecule has 1 unspecified atom stereocenters. The topological polar surface area (TPSA) is 127 Å². The molecule has 0 saturated carbocycles. The molecule has 4 amide bonds. The molecule has 1 atom stereocenters. The van der Waals surface area contributed by atoms with E-state index in [1.165, 1.54) is 0 Å². The van der Waals surface area contributed by atoms with Crippen LogP contribution in [0, 0.1) is 13.8 Å². The lowest BCUT2D eigenvalue weighted by atomic mass is 9.87. The van der Waals surface area contributed by atoms with Crippen LogP contribution in [0.15, 0.2) is 58.2 Å². The molecule has 1 saturated heterocycles. The third-order valence-corrected chi connectivity index (χ3v) is 6.41. The Kier molecular flexibility index (Phi) is 7.06. The van der Waals surface area contributed by atoms with Crippen LogP contribution in [-0.2, 0) is 21.7 Å².